The largest absolute Gasteiger partial charge is 0.469 e. The Morgan fingerprint density at radius 3 is 2.17 bits per heavy atom. The number of hydrogen-bond acceptors (Lipinski definition) is 5. The van der Waals surface area contributed by atoms with Gasteiger partial charge in [0.25, 0.3) is 5.91 Å². The van der Waals surface area contributed by atoms with E-state index in [1.54, 1.807) is 53.2 Å². The summed E-state index contributed by atoms with van der Waals surface area (Å²) in [5.41, 5.74) is 3.45. The molecule has 9 heteroatoms. The molecule has 40 heavy (non-hydrogen) atoms. The monoisotopic (exact) mass is 561 g/mol. The van der Waals surface area contributed by atoms with Crippen LogP contribution in [0.2, 0.25) is 5.02 Å². The lowest BCUT2D eigenvalue weighted by Gasteiger charge is -2.43. The van der Waals surface area contributed by atoms with Crippen LogP contribution in [0.5, 0.6) is 0 Å². The van der Waals surface area contributed by atoms with Gasteiger partial charge in [-0.2, -0.15) is 0 Å². The van der Waals surface area contributed by atoms with Gasteiger partial charge < -0.3 is 19.4 Å². The molecular formula is C31H32ClN3O5. The third-order valence-corrected chi connectivity index (χ3v) is 7.43. The third-order valence-electron chi connectivity index (χ3n) is 7.18. The number of fused-ring (bicyclic) bond motifs is 1. The van der Waals surface area contributed by atoms with Crippen LogP contribution in [0.25, 0.3) is 0 Å². The number of halogens is 1. The molecule has 0 bridgehead atoms. The van der Waals surface area contributed by atoms with Gasteiger partial charge in [-0.3, -0.25) is 19.2 Å². The fourth-order valence-corrected chi connectivity index (χ4v) is 5.23. The minimum Gasteiger partial charge on any atom is -0.469 e. The number of amides is 3. The topological polar surface area (TPSA) is 87.2 Å². The number of anilines is 3. The number of ether oxygens (including phenoxy) is 1. The Morgan fingerprint density at radius 1 is 0.925 bits per heavy atom. The van der Waals surface area contributed by atoms with Crippen molar-refractivity contribution in [1.82, 2.24) is 0 Å². The highest BCUT2D eigenvalue weighted by Gasteiger charge is 2.38. The summed E-state index contributed by atoms with van der Waals surface area (Å²) >= 11 is 6.09. The van der Waals surface area contributed by atoms with Crippen LogP contribution in [-0.4, -0.2) is 43.9 Å². The molecule has 1 aliphatic rings. The summed E-state index contributed by atoms with van der Waals surface area (Å²) in [6.45, 7) is 3.52. The smallest absolute Gasteiger partial charge is 0.306 e. The van der Waals surface area contributed by atoms with Gasteiger partial charge in [0.05, 0.1) is 19.6 Å². The van der Waals surface area contributed by atoms with Gasteiger partial charge in [0, 0.05) is 54.1 Å². The standard InChI is InChI=1S/C31H32ClN3O5/c1-20-19-28(35(21(2)36)25-15-11-23(32)12-16-25)26-7-5-6-8-27(26)34(20)31(39)22-9-13-24(14-10-22)33(3)29(37)17-18-30(38)40-4/h5-16,20,28H,17-19H2,1-4H3. The fourth-order valence-electron chi connectivity index (χ4n) is 5.11. The SMILES string of the molecule is COC(=O)CCC(=O)N(C)c1ccc(C(=O)N2c3ccccc3C(N(C(C)=O)c3ccc(Cl)cc3)CC2C)cc1. The Balaban J connectivity index is 1.59. The van der Waals surface area contributed by atoms with E-state index in [9.17, 15) is 19.2 Å². The summed E-state index contributed by atoms with van der Waals surface area (Å²) in [6, 6.07) is 21.2. The molecule has 2 atom stereocenters. The number of carbonyl (C=O) groups is 4. The Labute approximate surface area is 239 Å². The normalized spacial score (nSPS) is 16.1. The van der Waals surface area contributed by atoms with E-state index in [-0.39, 0.29) is 42.6 Å². The van der Waals surface area contributed by atoms with Gasteiger partial charge in [0.15, 0.2) is 0 Å². The van der Waals surface area contributed by atoms with Crippen molar-refractivity contribution in [3.63, 3.8) is 0 Å². The minimum absolute atomic E-state index is 0.00255. The molecule has 0 radical (unpaired) electrons. The maximum Gasteiger partial charge on any atom is 0.306 e. The van der Waals surface area contributed by atoms with Crippen molar-refractivity contribution in [2.45, 2.75) is 45.2 Å². The number of carbonyl (C=O) groups excluding carboxylic acids is 4. The average molecular weight is 562 g/mol. The number of methoxy groups -OCH3 is 1. The van der Waals surface area contributed by atoms with Crippen molar-refractivity contribution in [2.75, 3.05) is 28.9 Å². The van der Waals surface area contributed by atoms with Gasteiger partial charge in [-0.05, 0) is 73.5 Å². The van der Waals surface area contributed by atoms with Crippen LogP contribution in [0.15, 0.2) is 72.8 Å². The van der Waals surface area contributed by atoms with Crippen molar-refractivity contribution in [3.8, 4) is 0 Å². The van der Waals surface area contributed by atoms with E-state index < -0.39 is 5.97 Å². The lowest BCUT2D eigenvalue weighted by Crippen LogP contribution is -2.47. The number of hydrogen-bond donors (Lipinski definition) is 0. The molecule has 0 aromatic heterocycles. The highest BCUT2D eigenvalue weighted by molar-refractivity contribution is 6.30. The molecule has 2 unspecified atom stereocenters. The first-order chi connectivity index (χ1) is 19.1. The lowest BCUT2D eigenvalue weighted by molar-refractivity contribution is -0.141. The molecule has 0 saturated carbocycles. The van der Waals surface area contributed by atoms with Crippen LogP contribution >= 0.6 is 11.6 Å². The first-order valence-corrected chi connectivity index (χ1v) is 13.4. The molecule has 4 rings (SSSR count). The van der Waals surface area contributed by atoms with Gasteiger partial charge in [0.1, 0.15) is 0 Å². The Hall–Kier alpha value is -4.17. The summed E-state index contributed by atoms with van der Waals surface area (Å²) in [5, 5.41) is 0.587. The highest BCUT2D eigenvalue weighted by Crippen LogP contribution is 2.43. The van der Waals surface area contributed by atoms with E-state index in [4.69, 9.17) is 11.6 Å². The Bertz CT molecular complexity index is 1410. The Morgan fingerprint density at radius 2 is 1.55 bits per heavy atom. The fraction of sp³-hybridized carbons (Fsp3) is 0.290. The molecule has 1 heterocycles. The van der Waals surface area contributed by atoms with Gasteiger partial charge >= 0.3 is 5.97 Å². The summed E-state index contributed by atoms with van der Waals surface area (Å²) in [6.07, 6.45) is 0.573. The van der Waals surface area contributed by atoms with Crippen molar-refractivity contribution in [2.24, 2.45) is 0 Å². The molecule has 8 nitrogen and oxygen atoms in total. The zero-order valence-corrected chi connectivity index (χ0v) is 23.7. The molecule has 0 fully saturated rings. The minimum atomic E-state index is -0.444. The Kier molecular flexibility index (Phi) is 8.90. The molecule has 0 N–H and O–H groups in total. The second-order valence-electron chi connectivity index (χ2n) is 9.78. The maximum absolute atomic E-state index is 13.8. The molecule has 3 amide bonds. The summed E-state index contributed by atoms with van der Waals surface area (Å²) in [4.78, 5) is 55.5. The number of para-hydroxylation sites is 1. The summed E-state index contributed by atoms with van der Waals surface area (Å²) in [7, 11) is 2.91. The van der Waals surface area contributed by atoms with E-state index in [0.29, 0.717) is 22.7 Å². The van der Waals surface area contributed by atoms with Gasteiger partial charge in [-0.1, -0.05) is 29.8 Å². The van der Waals surface area contributed by atoms with Crippen LogP contribution < -0.4 is 14.7 Å². The number of nitrogens with zero attached hydrogens (tertiary/aromatic N) is 3. The average Bonchev–Trinajstić information content (AvgIpc) is 2.96. The van der Waals surface area contributed by atoms with Crippen LogP contribution in [-0.2, 0) is 19.1 Å². The third kappa shape index (κ3) is 6.02. The van der Waals surface area contributed by atoms with Gasteiger partial charge in [-0.15, -0.1) is 0 Å². The van der Waals surface area contributed by atoms with Gasteiger partial charge in [0.2, 0.25) is 11.8 Å². The second kappa shape index (κ2) is 12.3. The number of benzene rings is 3. The van der Waals surface area contributed by atoms with Crippen molar-refractivity contribution < 1.29 is 23.9 Å². The molecule has 3 aromatic carbocycles. The second-order valence-corrected chi connectivity index (χ2v) is 10.2. The zero-order chi connectivity index (χ0) is 29.0. The van der Waals surface area contributed by atoms with E-state index in [1.165, 1.54) is 18.9 Å². The predicted molar refractivity (Wildman–Crippen MR) is 156 cm³/mol. The summed E-state index contributed by atoms with van der Waals surface area (Å²) in [5.74, 6) is -0.953. The molecule has 0 spiro atoms. The van der Waals surface area contributed by atoms with Crippen LogP contribution in [0.1, 0.15) is 55.1 Å². The van der Waals surface area contributed by atoms with E-state index >= 15 is 0 Å². The zero-order valence-electron chi connectivity index (χ0n) is 23.0. The lowest BCUT2D eigenvalue weighted by atomic mass is 9.89. The predicted octanol–water partition coefficient (Wildman–Crippen LogP) is 5.79. The van der Waals surface area contributed by atoms with E-state index in [1.807, 2.05) is 43.3 Å². The number of rotatable bonds is 7. The maximum atomic E-state index is 13.8. The molecule has 0 saturated heterocycles. The number of esters is 1. The van der Waals surface area contributed by atoms with Crippen molar-refractivity contribution >= 4 is 52.4 Å². The summed E-state index contributed by atoms with van der Waals surface area (Å²) < 4.78 is 4.60. The molecule has 208 valence electrons. The van der Waals surface area contributed by atoms with Gasteiger partial charge in [-0.25, -0.2) is 0 Å². The molecule has 3 aromatic rings. The highest BCUT2D eigenvalue weighted by atomic mass is 35.5. The first-order valence-electron chi connectivity index (χ1n) is 13.0. The first kappa shape index (κ1) is 28.8. The van der Waals surface area contributed by atoms with Crippen LogP contribution in [0.3, 0.4) is 0 Å². The van der Waals surface area contributed by atoms with Crippen LogP contribution in [0.4, 0.5) is 17.1 Å². The van der Waals surface area contributed by atoms with E-state index in [2.05, 4.69) is 4.74 Å². The molecule has 1 aliphatic heterocycles. The quantitative estimate of drug-likeness (QED) is 0.341. The van der Waals surface area contributed by atoms with E-state index in [0.717, 1.165) is 16.9 Å². The molecular weight excluding hydrogens is 530 g/mol. The molecule has 0 aliphatic carbocycles. The van der Waals surface area contributed by atoms with Crippen LogP contribution in [0, 0.1) is 0 Å². The van der Waals surface area contributed by atoms with Crippen molar-refractivity contribution in [1.29, 1.82) is 0 Å². The van der Waals surface area contributed by atoms with Crippen molar-refractivity contribution in [3.05, 3.63) is 88.9 Å².